The number of piperidine rings is 1. The summed E-state index contributed by atoms with van der Waals surface area (Å²) in [5.74, 6) is 0. The standard InChI is InChI=1S/C18H33N3O3/c1-17(2,21-8-4-3-5-9-21)13-19-16(22)20-15-6-10-24-18(12-15)7-11-23-14-18/h15H,3-14H2,1-2H3,(H2,19,20,22)/t15-,18-/m0/s1. The largest absolute Gasteiger partial charge is 0.378 e. The molecule has 3 saturated heterocycles. The number of hydrogen-bond acceptors (Lipinski definition) is 4. The minimum atomic E-state index is -0.163. The number of carbonyl (C=O) groups excluding carboxylic acids is 1. The van der Waals surface area contributed by atoms with Gasteiger partial charge >= 0.3 is 6.03 Å². The van der Waals surface area contributed by atoms with E-state index in [0.29, 0.717) is 19.8 Å². The lowest BCUT2D eigenvalue weighted by Gasteiger charge is -2.41. The Hall–Kier alpha value is -0.850. The molecule has 2 N–H and O–H groups in total. The van der Waals surface area contributed by atoms with Gasteiger partial charge in [-0.2, -0.15) is 0 Å². The average Bonchev–Trinajstić information content (AvgIpc) is 3.01. The van der Waals surface area contributed by atoms with Crippen molar-refractivity contribution in [3.05, 3.63) is 0 Å². The normalized spacial score (nSPS) is 32.0. The molecule has 0 saturated carbocycles. The Balaban J connectivity index is 1.43. The Labute approximate surface area is 145 Å². The van der Waals surface area contributed by atoms with E-state index in [4.69, 9.17) is 9.47 Å². The highest BCUT2D eigenvalue weighted by Crippen LogP contribution is 2.32. The molecule has 3 fully saturated rings. The van der Waals surface area contributed by atoms with Crippen LogP contribution in [0, 0.1) is 0 Å². The number of rotatable bonds is 4. The second-order valence-corrected chi connectivity index (χ2v) is 8.21. The fourth-order valence-electron chi connectivity index (χ4n) is 4.16. The molecule has 0 unspecified atom stereocenters. The first-order chi connectivity index (χ1) is 11.5. The predicted octanol–water partition coefficient (Wildman–Crippen LogP) is 1.89. The molecule has 0 aromatic rings. The molecule has 6 nitrogen and oxygen atoms in total. The maximum absolute atomic E-state index is 12.3. The molecule has 3 aliphatic heterocycles. The van der Waals surface area contributed by atoms with Crippen molar-refractivity contribution in [1.29, 1.82) is 0 Å². The van der Waals surface area contributed by atoms with Crippen LogP contribution in [0.4, 0.5) is 4.79 Å². The minimum Gasteiger partial charge on any atom is -0.378 e. The fourth-order valence-corrected chi connectivity index (χ4v) is 4.16. The van der Waals surface area contributed by atoms with Crippen molar-refractivity contribution in [2.24, 2.45) is 0 Å². The average molecular weight is 339 g/mol. The van der Waals surface area contributed by atoms with Gasteiger partial charge in [0, 0.05) is 37.8 Å². The summed E-state index contributed by atoms with van der Waals surface area (Å²) in [6.07, 6.45) is 6.54. The third-order valence-electron chi connectivity index (χ3n) is 5.79. The molecule has 0 radical (unpaired) electrons. The van der Waals surface area contributed by atoms with Crippen LogP contribution < -0.4 is 10.6 Å². The smallest absolute Gasteiger partial charge is 0.315 e. The van der Waals surface area contributed by atoms with Crippen molar-refractivity contribution < 1.29 is 14.3 Å². The molecular weight excluding hydrogens is 306 g/mol. The zero-order valence-electron chi connectivity index (χ0n) is 15.2. The summed E-state index contributed by atoms with van der Waals surface area (Å²) in [4.78, 5) is 14.8. The summed E-state index contributed by atoms with van der Waals surface area (Å²) < 4.78 is 11.4. The number of nitrogens with zero attached hydrogens (tertiary/aromatic N) is 1. The summed E-state index contributed by atoms with van der Waals surface area (Å²) in [6.45, 7) is 9.52. The number of hydrogen-bond donors (Lipinski definition) is 2. The quantitative estimate of drug-likeness (QED) is 0.821. The van der Waals surface area contributed by atoms with Crippen molar-refractivity contribution in [3.8, 4) is 0 Å². The van der Waals surface area contributed by atoms with Crippen LogP contribution in [0.15, 0.2) is 0 Å². The molecule has 1 spiro atoms. The summed E-state index contributed by atoms with van der Waals surface area (Å²) in [5.41, 5.74) is -0.156. The van der Waals surface area contributed by atoms with Gasteiger partial charge in [-0.3, -0.25) is 4.90 Å². The molecule has 138 valence electrons. The van der Waals surface area contributed by atoms with E-state index >= 15 is 0 Å². The minimum absolute atomic E-state index is 0.00789. The molecule has 0 bridgehead atoms. The van der Waals surface area contributed by atoms with E-state index in [-0.39, 0.29) is 23.2 Å². The Morgan fingerprint density at radius 2 is 2.04 bits per heavy atom. The van der Waals surface area contributed by atoms with Gasteiger partial charge in [-0.05, 0) is 52.6 Å². The lowest BCUT2D eigenvalue weighted by molar-refractivity contribution is -0.0878. The maximum Gasteiger partial charge on any atom is 0.315 e. The Bertz CT molecular complexity index is 429. The topological polar surface area (TPSA) is 62.8 Å². The number of likely N-dealkylation sites (tertiary alicyclic amines) is 1. The highest BCUT2D eigenvalue weighted by atomic mass is 16.6. The maximum atomic E-state index is 12.3. The van der Waals surface area contributed by atoms with Crippen molar-refractivity contribution in [1.82, 2.24) is 15.5 Å². The first-order valence-electron chi connectivity index (χ1n) is 9.50. The lowest BCUT2D eigenvalue weighted by atomic mass is 9.90. The monoisotopic (exact) mass is 339 g/mol. The van der Waals surface area contributed by atoms with Crippen LogP contribution in [-0.4, -0.2) is 67.6 Å². The fraction of sp³-hybridized carbons (Fsp3) is 0.944. The van der Waals surface area contributed by atoms with Crippen LogP contribution in [0.1, 0.15) is 52.4 Å². The van der Waals surface area contributed by atoms with Crippen LogP contribution in [-0.2, 0) is 9.47 Å². The van der Waals surface area contributed by atoms with Gasteiger partial charge in [0.15, 0.2) is 0 Å². The predicted molar refractivity (Wildman–Crippen MR) is 93.2 cm³/mol. The van der Waals surface area contributed by atoms with Gasteiger partial charge in [0.2, 0.25) is 0 Å². The van der Waals surface area contributed by atoms with Gasteiger partial charge < -0.3 is 20.1 Å². The highest BCUT2D eigenvalue weighted by molar-refractivity contribution is 5.74. The molecule has 0 aromatic carbocycles. The van der Waals surface area contributed by atoms with Crippen molar-refractivity contribution in [3.63, 3.8) is 0 Å². The third-order valence-corrected chi connectivity index (χ3v) is 5.79. The van der Waals surface area contributed by atoms with E-state index < -0.39 is 0 Å². The molecule has 2 atom stereocenters. The highest BCUT2D eigenvalue weighted by Gasteiger charge is 2.41. The van der Waals surface area contributed by atoms with Crippen molar-refractivity contribution in [2.75, 3.05) is 39.5 Å². The van der Waals surface area contributed by atoms with E-state index in [9.17, 15) is 4.79 Å². The van der Waals surface area contributed by atoms with E-state index in [1.165, 1.54) is 19.3 Å². The zero-order valence-corrected chi connectivity index (χ0v) is 15.2. The number of carbonyl (C=O) groups is 1. The molecule has 3 heterocycles. The molecule has 0 aromatic heterocycles. The van der Waals surface area contributed by atoms with Crippen LogP contribution >= 0.6 is 0 Å². The lowest BCUT2D eigenvalue weighted by Crippen LogP contribution is -2.56. The number of ether oxygens (including phenoxy) is 2. The van der Waals surface area contributed by atoms with Gasteiger partial charge in [0.1, 0.15) is 0 Å². The van der Waals surface area contributed by atoms with Gasteiger partial charge in [-0.25, -0.2) is 4.79 Å². The van der Waals surface area contributed by atoms with Crippen molar-refractivity contribution in [2.45, 2.75) is 69.6 Å². The van der Waals surface area contributed by atoms with Crippen molar-refractivity contribution >= 4 is 6.03 Å². The Kier molecular flexibility index (Phi) is 5.67. The molecule has 3 rings (SSSR count). The number of amides is 2. The summed E-state index contributed by atoms with van der Waals surface area (Å²) in [6, 6.07) is 0.125. The molecule has 0 aliphatic carbocycles. The Morgan fingerprint density at radius 3 is 2.75 bits per heavy atom. The number of urea groups is 1. The first-order valence-corrected chi connectivity index (χ1v) is 9.50. The molecule has 6 heteroatoms. The van der Waals surface area contributed by atoms with E-state index in [1.807, 2.05) is 0 Å². The second kappa shape index (κ2) is 7.58. The summed E-state index contributed by atoms with van der Waals surface area (Å²) >= 11 is 0. The van der Waals surface area contributed by atoms with Crippen LogP contribution in [0.5, 0.6) is 0 Å². The Morgan fingerprint density at radius 1 is 1.25 bits per heavy atom. The molecule has 24 heavy (non-hydrogen) atoms. The van der Waals surface area contributed by atoms with Gasteiger partial charge in [-0.1, -0.05) is 6.42 Å². The van der Waals surface area contributed by atoms with E-state index in [2.05, 4.69) is 29.4 Å². The number of nitrogens with one attached hydrogen (secondary N) is 2. The summed E-state index contributed by atoms with van der Waals surface area (Å²) in [5, 5.41) is 6.22. The molecule has 3 aliphatic rings. The van der Waals surface area contributed by atoms with Crippen LogP contribution in [0.25, 0.3) is 0 Å². The second-order valence-electron chi connectivity index (χ2n) is 8.21. The summed E-state index contributed by atoms with van der Waals surface area (Å²) in [7, 11) is 0. The van der Waals surface area contributed by atoms with Crippen LogP contribution in [0.3, 0.4) is 0 Å². The molecule has 2 amide bonds. The van der Waals surface area contributed by atoms with E-state index in [1.54, 1.807) is 0 Å². The third kappa shape index (κ3) is 4.41. The SMILES string of the molecule is CC(C)(CNC(=O)N[C@H]1CCO[C@@]2(CCOC2)C1)N1CCCCC1. The molecular formula is C18H33N3O3. The first kappa shape index (κ1) is 18.0. The van der Waals surface area contributed by atoms with Crippen LogP contribution in [0.2, 0.25) is 0 Å². The zero-order chi connectivity index (χ0) is 17.0. The van der Waals surface area contributed by atoms with Gasteiger partial charge in [0.25, 0.3) is 0 Å². The van der Waals surface area contributed by atoms with Gasteiger partial charge in [-0.15, -0.1) is 0 Å². The van der Waals surface area contributed by atoms with E-state index in [0.717, 1.165) is 39.0 Å². The van der Waals surface area contributed by atoms with Gasteiger partial charge in [0.05, 0.1) is 12.2 Å².